The third-order valence-electron chi connectivity index (χ3n) is 3.73. The van der Waals surface area contributed by atoms with Gasteiger partial charge in [0.05, 0.1) is 26.4 Å². The van der Waals surface area contributed by atoms with Crippen molar-refractivity contribution in [2.24, 2.45) is 0 Å². The first-order valence-electron chi connectivity index (χ1n) is 8.47. The quantitative estimate of drug-likeness (QED) is 0.351. The summed E-state index contributed by atoms with van der Waals surface area (Å²) in [4.78, 5) is 26.5. The largest absolute Gasteiger partial charge is 0.494 e. The maximum Gasteiger partial charge on any atom is 0.361 e. The summed E-state index contributed by atoms with van der Waals surface area (Å²) in [5.41, 5.74) is 0.238. The van der Waals surface area contributed by atoms with E-state index in [0.717, 1.165) is 11.8 Å². The van der Waals surface area contributed by atoms with Crippen molar-refractivity contribution in [3.05, 3.63) is 23.8 Å². The summed E-state index contributed by atoms with van der Waals surface area (Å²) in [6, 6.07) is 4.89. The minimum atomic E-state index is -4.21. The van der Waals surface area contributed by atoms with Crippen molar-refractivity contribution in [2.45, 2.75) is 37.7 Å². The third-order valence-corrected chi connectivity index (χ3v) is 7.59. The molecule has 1 aliphatic heterocycles. The summed E-state index contributed by atoms with van der Waals surface area (Å²) < 4.78 is 35.1. The Balaban J connectivity index is 2.77. The molecule has 0 saturated heterocycles. The molecule has 0 amide bonds. The van der Waals surface area contributed by atoms with Gasteiger partial charge in [0.1, 0.15) is 5.75 Å². The average molecular weight is 402 g/mol. The number of esters is 1. The van der Waals surface area contributed by atoms with Gasteiger partial charge in [-0.25, -0.2) is 4.79 Å². The highest BCUT2D eigenvalue weighted by atomic mass is 32.2. The van der Waals surface area contributed by atoms with Crippen molar-refractivity contribution in [2.75, 3.05) is 26.4 Å². The van der Waals surface area contributed by atoms with E-state index in [0.29, 0.717) is 17.3 Å². The van der Waals surface area contributed by atoms with Gasteiger partial charge in [-0.3, -0.25) is 9.36 Å². The van der Waals surface area contributed by atoms with Crippen molar-refractivity contribution in [1.82, 2.24) is 0 Å². The van der Waals surface area contributed by atoms with Crippen LogP contribution in [0.25, 0.3) is 0 Å². The molecule has 1 aromatic carbocycles. The van der Waals surface area contributed by atoms with E-state index in [1.54, 1.807) is 39.0 Å². The molecule has 1 heterocycles. The monoisotopic (exact) mass is 402 g/mol. The Kier molecular flexibility index (Phi) is 6.91. The number of benzene rings is 1. The van der Waals surface area contributed by atoms with Crippen molar-refractivity contribution in [3.63, 3.8) is 0 Å². The van der Waals surface area contributed by atoms with Crippen LogP contribution in [0.15, 0.2) is 23.1 Å². The molecule has 1 aliphatic rings. The number of hydrogen-bond acceptors (Lipinski definition) is 8. The Bertz CT molecular complexity index is 726. The Morgan fingerprint density at radius 3 is 2.27 bits per heavy atom. The number of thioether (sulfide) groups is 1. The Labute approximate surface area is 157 Å². The van der Waals surface area contributed by atoms with Gasteiger partial charge in [-0.1, -0.05) is 0 Å². The summed E-state index contributed by atoms with van der Waals surface area (Å²) in [7, 11) is -4.21. The number of carbonyl (C=O) groups is 2. The number of rotatable bonds is 9. The SMILES string of the molecule is CCOC(=O)C1(P(=O)(OCC)OCC)C(=O)Sc2ccc(OCC)cc21. The molecule has 0 bridgehead atoms. The zero-order valence-electron chi connectivity index (χ0n) is 15.3. The highest BCUT2D eigenvalue weighted by Gasteiger charge is 2.68. The summed E-state index contributed by atoms with van der Waals surface area (Å²) >= 11 is 0.830. The van der Waals surface area contributed by atoms with Gasteiger partial charge in [-0.05, 0) is 57.7 Å². The zero-order chi connectivity index (χ0) is 19.4. The molecule has 0 aliphatic carbocycles. The second-order valence-electron chi connectivity index (χ2n) is 5.24. The molecule has 0 saturated carbocycles. The topological polar surface area (TPSA) is 88.1 Å². The van der Waals surface area contributed by atoms with Crippen LogP contribution in [0.2, 0.25) is 0 Å². The van der Waals surface area contributed by atoms with Crippen LogP contribution >= 0.6 is 19.4 Å². The zero-order valence-corrected chi connectivity index (χ0v) is 17.0. The number of carbonyl (C=O) groups excluding carboxylic acids is 2. The average Bonchev–Trinajstić information content (AvgIpc) is 2.88. The lowest BCUT2D eigenvalue weighted by Gasteiger charge is -2.32. The second kappa shape index (κ2) is 8.57. The molecule has 0 aromatic heterocycles. The first kappa shape index (κ1) is 21.0. The molecule has 7 nitrogen and oxygen atoms in total. The molecule has 144 valence electrons. The molecule has 0 N–H and O–H groups in total. The van der Waals surface area contributed by atoms with Gasteiger partial charge >= 0.3 is 13.6 Å². The van der Waals surface area contributed by atoms with Crippen molar-refractivity contribution >= 4 is 30.4 Å². The van der Waals surface area contributed by atoms with Crippen LogP contribution in [0.5, 0.6) is 5.75 Å². The minimum Gasteiger partial charge on any atom is -0.494 e. The van der Waals surface area contributed by atoms with E-state index in [4.69, 9.17) is 18.5 Å². The molecule has 1 aromatic rings. The lowest BCUT2D eigenvalue weighted by molar-refractivity contribution is -0.149. The lowest BCUT2D eigenvalue weighted by atomic mass is 9.99. The van der Waals surface area contributed by atoms with Crippen molar-refractivity contribution in [1.29, 1.82) is 0 Å². The fourth-order valence-corrected chi connectivity index (χ4v) is 6.47. The maximum atomic E-state index is 13.7. The number of hydrogen-bond donors (Lipinski definition) is 0. The van der Waals surface area contributed by atoms with Gasteiger partial charge in [-0.2, -0.15) is 0 Å². The van der Waals surface area contributed by atoms with Crippen LogP contribution in [0, 0.1) is 0 Å². The first-order valence-corrected chi connectivity index (χ1v) is 10.8. The summed E-state index contributed by atoms with van der Waals surface area (Å²) in [6.45, 7) is 7.12. The molecule has 0 fully saturated rings. The summed E-state index contributed by atoms with van der Waals surface area (Å²) in [6.07, 6.45) is 0. The fraction of sp³-hybridized carbons (Fsp3) is 0.529. The van der Waals surface area contributed by atoms with E-state index < -0.39 is 23.8 Å². The van der Waals surface area contributed by atoms with Gasteiger partial charge in [0.25, 0.3) is 5.16 Å². The molecule has 0 radical (unpaired) electrons. The molecule has 2 rings (SSSR count). The van der Waals surface area contributed by atoms with Crippen LogP contribution in [0.3, 0.4) is 0 Å². The molecular formula is C17H23O7PS. The normalized spacial score (nSPS) is 19.3. The van der Waals surface area contributed by atoms with E-state index in [1.807, 2.05) is 6.92 Å². The Morgan fingerprint density at radius 2 is 1.73 bits per heavy atom. The molecule has 1 unspecified atom stereocenters. The Hall–Kier alpha value is -1.34. The van der Waals surface area contributed by atoms with Gasteiger partial charge in [0, 0.05) is 10.5 Å². The van der Waals surface area contributed by atoms with Crippen molar-refractivity contribution in [3.8, 4) is 5.75 Å². The third kappa shape index (κ3) is 3.31. The fourth-order valence-electron chi connectivity index (χ4n) is 2.79. The minimum absolute atomic E-state index is 0.0108. The first-order chi connectivity index (χ1) is 12.4. The van der Waals surface area contributed by atoms with Crippen LogP contribution in [0.4, 0.5) is 0 Å². The summed E-state index contributed by atoms with van der Waals surface area (Å²) in [5, 5.41) is -2.80. The van der Waals surface area contributed by atoms with Crippen LogP contribution in [-0.4, -0.2) is 37.5 Å². The van der Waals surface area contributed by atoms with Gasteiger partial charge < -0.3 is 18.5 Å². The second-order valence-corrected chi connectivity index (χ2v) is 8.44. The van der Waals surface area contributed by atoms with E-state index >= 15 is 0 Å². The lowest BCUT2D eigenvalue weighted by Crippen LogP contribution is -2.42. The maximum absolute atomic E-state index is 13.7. The molecule has 0 spiro atoms. The van der Waals surface area contributed by atoms with E-state index in [1.165, 1.54) is 0 Å². The van der Waals surface area contributed by atoms with Gasteiger partial charge in [-0.15, -0.1) is 0 Å². The van der Waals surface area contributed by atoms with Crippen molar-refractivity contribution < 1.29 is 32.7 Å². The Morgan fingerprint density at radius 1 is 1.08 bits per heavy atom. The summed E-state index contributed by atoms with van der Waals surface area (Å²) in [5.74, 6) is -0.482. The predicted molar refractivity (Wildman–Crippen MR) is 97.6 cm³/mol. The standard InChI is InChI=1S/C17H23O7PS/c1-5-21-12-9-10-14-13(11-12)17(16(19)26-14,15(18)22-6-2)25(20,23-7-3)24-8-4/h9-11H,5-8H2,1-4H3. The molecule has 9 heteroatoms. The highest BCUT2D eigenvalue weighted by molar-refractivity contribution is 8.15. The highest BCUT2D eigenvalue weighted by Crippen LogP contribution is 2.71. The smallest absolute Gasteiger partial charge is 0.361 e. The predicted octanol–water partition coefficient (Wildman–Crippen LogP) is 3.74. The van der Waals surface area contributed by atoms with Crippen LogP contribution < -0.4 is 4.74 Å². The van der Waals surface area contributed by atoms with Crippen LogP contribution in [-0.2, 0) is 33.1 Å². The number of fused-ring (bicyclic) bond motifs is 1. The van der Waals surface area contributed by atoms with Gasteiger partial charge in [0.2, 0.25) is 5.12 Å². The molecule has 1 atom stereocenters. The van der Waals surface area contributed by atoms with Crippen LogP contribution in [0.1, 0.15) is 33.3 Å². The van der Waals surface area contributed by atoms with E-state index in [9.17, 15) is 14.2 Å². The van der Waals surface area contributed by atoms with Gasteiger partial charge in [0.15, 0.2) is 0 Å². The van der Waals surface area contributed by atoms with E-state index in [-0.39, 0.29) is 25.4 Å². The molecular weight excluding hydrogens is 379 g/mol. The van der Waals surface area contributed by atoms with E-state index in [2.05, 4.69) is 0 Å². The number of ether oxygens (including phenoxy) is 2. The molecule has 26 heavy (non-hydrogen) atoms.